The molecule has 1 N–H and O–H groups in total. The summed E-state index contributed by atoms with van der Waals surface area (Å²) in [5, 5.41) is 9.50. The van der Waals surface area contributed by atoms with Crippen LogP contribution in [0.4, 0.5) is 26.3 Å². The van der Waals surface area contributed by atoms with Gasteiger partial charge in [-0.2, -0.15) is 13.2 Å². The Kier molecular flexibility index (Phi) is 3.37. The van der Waals surface area contributed by atoms with Gasteiger partial charge >= 0.3 is 6.18 Å². The van der Waals surface area contributed by atoms with Gasteiger partial charge in [0.05, 0.1) is 5.56 Å². The van der Waals surface area contributed by atoms with Crippen molar-refractivity contribution >= 4 is 0 Å². The van der Waals surface area contributed by atoms with Crippen LogP contribution in [0.5, 0.6) is 5.75 Å². The first-order chi connectivity index (χ1) is 9.20. The maximum atomic E-state index is 13.1. The van der Waals surface area contributed by atoms with Gasteiger partial charge in [0.1, 0.15) is 5.75 Å². The minimum atomic E-state index is -4.68. The average molecular weight is 292 g/mol. The summed E-state index contributed by atoms with van der Waals surface area (Å²) in [5.74, 6) is -5.46. The van der Waals surface area contributed by atoms with Gasteiger partial charge in [0, 0.05) is 5.56 Å². The number of hydrogen-bond donors (Lipinski definition) is 1. The summed E-state index contributed by atoms with van der Waals surface area (Å²) in [6.45, 7) is 0. The predicted octanol–water partition coefficient (Wildman–Crippen LogP) is 4.50. The first-order valence-corrected chi connectivity index (χ1v) is 5.25. The molecule has 106 valence electrons. The summed E-state index contributed by atoms with van der Waals surface area (Å²) in [5.41, 5.74) is -1.95. The molecule has 2 rings (SSSR count). The van der Waals surface area contributed by atoms with Crippen LogP contribution in [0.25, 0.3) is 11.1 Å². The molecule has 0 radical (unpaired) electrons. The van der Waals surface area contributed by atoms with Crippen LogP contribution in [0.15, 0.2) is 30.3 Å². The molecule has 0 fully saturated rings. The zero-order chi connectivity index (χ0) is 15.1. The molecule has 0 spiro atoms. The van der Waals surface area contributed by atoms with E-state index in [9.17, 15) is 31.4 Å². The summed E-state index contributed by atoms with van der Waals surface area (Å²) in [7, 11) is 0. The quantitative estimate of drug-likeness (QED) is 0.606. The van der Waals surface area contributed by atoms with E-state index >= 15 is 0 Å². The Morgan fingerprint density at radius 3 is 1.90 bits per heavy atom. The van der Waals surface area contributed by atoms with E-state index in [-0.39, 0.29) is 0 Å². The molecule has 0 saturated carbocycles. The minimum Gasteiger partial charge on any atom is -0.507 e. The number of rotatable bonds is 1. The summed E-state index contributed by atoms with van der Waals surface area (Å²) >= 11 is 0. The second kappa shape index (κ2) is 4.73. The number of aromatic hydroxyl groups is 1. The van der Waals surface area contributed by atoms with E-state index in [0.29, 0.717) is 24.3 Å². The Morgan fingerprint density at radius 2 is 1.40 bits per heavy atom. The Morgan fingerprint density at radius 1 is 0.850 bits per heavy atom. The number of phenols is 1. The highest BCUT2D eigenvalue weighted by atomic mass is 19.4. The molecule has 1 nitrogen and oxygen atoms in total. The minimum absolute atomic E-state index is 0.398. The first kappa shape index (κ1) is 14.2. The molecule has 0 aliphatic carbocycles. The van der Waals surface area contributed by atoms with Crippen LogP contribution in [-0.2, 0) is 6.18 Å². The summed E-state index contributed by atoms with van der Waals surface area (Å²) in [6.07, 6.45) is -4.68. The van der Waals surface area contributed by atoms with E-state index in [4.69, 9.17) is 0 Å². The van der Waals surface area contributed by atoms with Crippen LogP contribution >= 0.6 is 0 Å². The third kappa shape index (κ3) is 2.56. The number of hydrogen-bond acceptors (Lipinski definition) is 1. The molecule has 0 bridgehead atoms. The smallest absolute Gasteiger partial charge is 0.416 e. The van der Waals surface area contributed by atoms with Gasteiger partial charge in [-0.1, -0.05) is 0 Å². The third-order valence-electron chi connectivity index (χ3n) is 2.62. The maximum Gasteiger partial charge on any atom is 0.416 e. The molecular formula is C13H6F6O. The molecule has 0 atom stereocenters. The van der Waals surface area contributed by atoms with E-state index in [1.54, 1.807) is 0 Å². The highest BCUT2D eigenvalue weighted by Crippen LogP contribution is 2.37. The topological polar surface area (TPSA) is 20.2 Å². The van der Waals surface area contributed by atoms with Crippen LogP contribution in [-0.4, -0.2) is 5.11 Å². The van der Waals surface area contributed by atoms with Crippen molar-refractivity contribution in [3.05, 3.63) is 53.3 Å². The van der Waals surface area contributed by atoms with Gasteiger partial charge < -0.3 is 5.11 Å². The zero-order valence-corrected chi connectivity index (χ0v) is 9.60. The highest BCUT2D eigenvalue weighted by molar-refractivity contribution is 5.71. The lowest BCUT2D eigenvalue weighted by molar-refractivity contribution is -0.137. The van der Waals surface area contributed by atoms with Crippen LogP contribution in [0.3, 0.4) is 0 Å². The SMILES string of the molecule is Oc1ccc(C(F)(F)F)cc1-c1cc(F)c(F)c(F)c1. The zero-order valence-electron chi connectivity index (χ0n) is 9.60. The Hall–Kier alpha value is -2.18. The largest absolute Gasteiger partial charge is 0.507 e. The molecule has 2 aromatic rings. The molecule has 2 aromatic carbocycles. The molecule has 0 aromatic heterocycles. The average Bonchev–Trinajstić information content (AvgIpc) is 2.34. The fourth-order valence-electron chi connectivity index (χ4n) is 1.65. The maximum absolute atomic E-state index is 13.1. The van der Waals surface area contributed by atoms with Crippen molar-refractivity contribution < 1.29 is 31.4 Å². The van der Waals surface area contributed by atoms with E-state index in [2.05, 4.69) is 0 Å². The molecular weight excluding hydrogens is 286 g/mol. The molecule has 0 aliphatic rings. The van der Waals surface area contributed by atoms with Gasteiger partial charge in [0.15, 0.2) is 17.5 Å². The van der Waals surface area contributed by atoms with Crippen molar-refractivity contribution in [2.75, 3.05) is 0 Å². The summed E-state index contributed by atoms with van der Waals surface area (Å²) in [4.78, 5) is 0. The van der Waals surface area contributed by atoms with Crippen molar-refractivity contribution in [1.82, 2.24) is 0 Å². The van der Waals surface area contributed by atoms with E-state index in [1.807, 2.05) is 0 Å². The molecule has 0 amide bonds. The third-order valence-corrected chi connectivity index (χ3v) is 2.62. The van der Waals surface area contributed by atoms with Gasteiger partial charge in [-0.05, 0) is 35.9 Å². The number of alkyl halides is 3. The Bertz CT molecular complexity index is 639. The summed E-state index contributed by atoms with van der Waals surface area (Å²) in [6, 6.07) is 2.91. The van der Waals surface area contributed by atoms with Crippen LogP contribution < -0.4 is 0 Å². The Balaban J connectivity index is 2.63. The highest BCUT2D eigenvalue weighted by Gasteiger charge is 2.31. The van der Waals surface area contributed by atoms with Gasteiger partial charge in [-0.15, -0.1) is 0 Å². The fraction of sp³-hybridized carbons (Fsp3) is 0.0769. The van der Waals surface area contributed by atoms with Gasteiger partial charge in [0.25, 0.3) is 0 Å². The van der Waals surface area contributed by atoms with Crippen molar-refractivity contribution in [1.29, 1.82) is 0 Å². The van der Waals surface area contributed by atoms with Crippen LogP contribution in [0.1, 0.15) is 5.56 Å². The van der Waals surface area contributed by atoms with Crippen molar-refractivity contribution in [2.45, 2.75) is 6.18 Å². The predicted molar refractivity (Wildman–Crippen MR) is 58.4 cm³/mol. The number of phenolic OH excluding ortho intramolecular Hbond substituents is 1. The molecule has 20 heavy (non-hydrogen) atoms. The standard InChI is InChI=1S/C13H6F6O/c14-9-3-6(4-10(15)12(9)16)8-5-7(13(17,18)19)1-2-11(8)20/h1-5,20H. The van der Waals surface area contributed by atoms with Crippen molar-refractivity contribution in [3.8, 4) is 16.9 Å². The lowest BCUT2D eigenvalue weighted by Crippen LogP contribution is -2.04. The molecule has 0 heterocycles. The van der Waals surface area contributed by atoms with Crippen molar-refractivity contribution in [3.63, 3.8) is 0 Å². The second-order valence-electron chi connectivity index (χ2n) is 3.98. The van der Waals surface area contributed by atoms with Crippen LogP contribution in [0, 0.1) is 17.5 Å². The van der Waals surface area contributed by atoms with Crippen molar-refractivity contribution in [2.24, 2.45) is 0 Å². The molecule has 0 saturated heterocycles. The van der Waals surface area contributed by atoms with Gasteiger partial charge in [-0.3, -0.25) is 0 Å². The van der Waals surface area contributed by atoms with Gasteiger partial charge in [-0.25, -0.2) is 13.2 Å². The normalized spacial score (nSPS) is 11.7. The molecule has 7 heteroatoms. The fourth-order valence-corrected chi connectivity index (χ4v) is 1.65. The Labute approximate surface area is 109 Å². The van der Waals surface area contributed by atoms with Gasteiger partial charge in [0.2, 0.25) is 0 Å². The number of halogens is 6. The monoisotopic (exact) mass is 292 g/mol. The van der Waals surface area contributed by atoms with E-state index in [1.165, 1.54) is 0 Å². The second-order valence-corrected chi connectivity index (χ2v) is 3.98. The molecule has 0 aliphatic heterocycles. The number of benzene rings is 2. The first-order valence-electron chi connectivity index (χ1n) is 5.25. The summed E-state index contributed by atoms with van der Waals surface area (Å²) < 4.78 is 76.6. The lowest BCUT2D eigenvalue weighted by Gasteiger charge is -2.11. The van der Waals surface area contributed by atoms with E-state index in [0.717, 1.165) is 6.07 Å². The molecule has 0 unspecified atom stereocenters. The van der Waals surface area contributed by atoms with E-state index < -0.39 is 46.1 Å². The lowest BCUT2D eigenvalue weighted by atomic mass is 10.0. The van der Waals surface area contributed by atoms with Crippen LogP contribution in [0.2, 0.25) is 0 Å².